The molecule has 74 valence electrons. The van der Waals surface area contributed by atoms with Gasteiger partial charge >= 0.3 is 11.9 Å². The molecule has 5 nitrogen and oxygen atoms in total. The van der Waals surface area contributed by atoms with Crippen LogP contribution in [0.3, 0.4) is 0 Å². The van der Waals surface area contributed by atoms with Gasteiger partial charge in [0.1, 0.15) is 0 Å². The molecule has 0 unspecified atom stereocenters. The third-order valence-electron chi connectivity index (χ3n) is 2.00. The third kappa shape index (κ3) is 1.80. The number of carbonyl (C=O) groups is 2. The van der Waals surface area contributed by atoms with Gasteiger partial charge in [-0.15, -0.1) is 0 Å². The summed E-state index contributed by atoms with van der Waals surface area (Å²) in [7, 11) is 0. The van der Waals surface area contributed by atoms with Gasteiger partial charge in [0, 0.05) is 0 Å². The molecule has 0 aromatic carbocycles. The van der Waals surface area contributed by atoms with Crippen LogP contribution in [0, 0.1) is 5.41 Å². The molecule has 0 aromatic heterocycles. The molecule has 0 aliphatic heterocycles. The van der Waals surface area contributed by atoms with Crippen molar-refractivity contribution in [3.63, 3.8) is 0 Å². The molecule has 0 radical (unpaired) electrons. The highest BCUT2D eigenvalue weighted by atomic mass is 16.6. The van der Waals surface area contributed by atoms with Crippen LogP contribution < -0.4 is 0 Å². The fourth-order valence-electron chi connectivity index (χ4n) is 1.08. The van der Waals surface area contributed by atoms with Crippen molar-refractivity contribution < 1.29 is 24.2 Å². The fourth-order valence-corrected chi connectivity index (χ4v) is 1.08. The van der Waals surface area contributed by atoms with Crippen molar-refractivity contribution in [1.82, 2.24) is 0 Å². The lowest BCUT2D eigenvalue weighted by Gasteiger charge is -2.11. The van der Waals surface area contributed by atoms with E-state index in [0.717, 1.165) is 0 Å². The number of carbonyl (C=O) groups excluding carboxylic acids is 2. The first-order valence-electron chi connectivity index (χ1n) is 4.12. The zero-order valence-corrected chi connectivity index (χ0v) is 7.41. The van der Waals surface area contributed by atoms with E-state index < -0.39 is 24.1 Å². The van der Waals surface area contributed by atoms with E-state index in [-0.39, 0.29) is 6.61 Å². The van der Waals surface area contributed by atoms with E-state index in [1.165, 1.54) is 0 Å². The van der Waals surface area contributed by atoms with Crippen LogP contribution in [-0.4, -0.2) is 30.4 Å². The van der Waals surface area contributed by atoms with Crippen LogP contribution in [-0.2, 0) is 19.1 Å². The molecule has 1 fully saturated rings. The molecule has 1 rings (SSSR count). The van der Waals surface area contributed by atoms with E-state index in [1.807, 2.05) is 0 Å². The third-order valence-corrected chi connectivity index (χ3v) is 2.00. The van der Waals surface area contributed by atoms with Crippen LogP contribution in [0.5, 0.6) is 0 Å². The standard InChI is InChI=1S/C8H12O5/c1-2-12-6(10)8(3-4-8)7(11)13-5-9/h9H,2-5H2,1H3. The molecule has 13 heavy (non-hydrogen) atoms. The Morgan fingerprint density at radius 3 is 2.23 bits per heavy atom. The number of hydrogen-bond acceptors (Lipinski definition) is 5. The maximum atomic E-state index is 11.2. The number of aliphatic hydroxyl groups is 1. The lowest BCUT2D eigenvalue weighted by Crippen LogP contribution is -2.30. The van der Waals surface area contributed by atoms with Crippen LogP contribution in [0.15, 0.2) is 0 Å². The smallest absolute Gasteiger partial charge is 0.325 e. The second kappa shape index (κ2) is 3.74. The van der Waals surface area contributed by atoms with Crippen LogP contribution in [0.2, 0.25) is 0 Å². The summed E-state index contributed by atoms with van der Waals surface area (Å²) in [4.78, 5) is 22.4. The molecule has 1 aliphatic rings. The number of hydrogen-bond donors (Lipinski definition) is 1. The van der Waals surface area contributed by atoms with E-state index in [4.69, 9.17) is 9.84 Å². The van der Waals surface area contributed by atoms with Crippen molar-refractivity contribution in [3.8, 4) is 0 Å². The Bertz CT molecular complexity index is 199. The molecule has 0 bridgehead atoms. The van der Waals surface area contributed by atoms with Gasteiger partial charge in [-0.05, 0) is 19.8 Å². The summed E-state index contributed by atoms with van der Waals surface area (Å²) < 4.78 is 9.07. The SMILES string of the molecule is CCOC(=O)C1(C(=O)OCO)CC1. The summed E-state index contributed by atoms with van der Waals surface area (Å²) >= 11 is 0. The van der Waals surface area contributed by atoms with E-state index in [2.05, 4.69) is 4.74 Å². The monoisotopic (exact) mass is 188 g/mol. The highest BCUT2D eigenvalue weighted by molar-refractivity contribution is 6.03. The maximum Gasteiger partial charge on any atom is 0.325 e. The molecule has 1 N–H and O–H groups in total. The molecule has 0 saturated heterocycles. The normalized spacial score (nSPS) is 17.7. The summed E-state index contributed by atoms with van der Waals surface area (Å²) in [5.74, 6) is -1.23. The van der Waals surface area contributed by atoms with Crippen LogP contribution in [0.4, 0.5) is 0 Å². The Labute approximate surface area is 75.6 Å². The molecule has 1 aliphatic carbocycles. The van der Waals surface area contributed by atoms with Crippen molar-refractivity contribution in [2.75, 3.05) is 13.4 Å². The highest BCUT2D eigenvalue weighted by Gasteiger charge is 2.59. The van der Waals surface area contributed by atoms with Crippen molar-refractivity contribution in [3.05, 3.63) is 0 Å². The van der Waals surface area contributed by atoms with E-state index in [1.54, 1.807) is 6.92 Å². The average Bonchev–Trinajstić information content (AvgIpc) is 2.85. The summed E-state index contributed by atoms with van der Waals surface area (Å²) in [6.07, 6.45) is 0.898. The Morgan fingerprint density at radius 2 is 1.85 bits per heavy atom. The molecule has 0 atom stereocenters. The first kappa shape index (κ1) is 9.98. The van der Waals surface area contributed by atoms with E-state index in [9.17, 15) is 9.59 Å². The summed E-state index contributed by atoms with van der Waals surface area (Å²) in [5.41, 5.74) is -1.11. The minimum Gasteiger partial charge on any atom is -0.465 e. The van der Waals surface area contributed by atoms with Crippen LogP contribution in [0.1, 0.15) is 19.8 Å². The van der Waals surface area contributed by atoms with Crippen molar-refractivity contribution >= 4 is 11.9 Å². The van der Waals surface area contributed by atoms with Gasteiger partial charge in [0.2, 0.25) is 0 Å². The summed E-state index contributed by atoms with van der Waals surface area (Å²) in [6, 6.07) is 0. The lowest BCUT2D eigenvalue weighted by molar-refractivity contribution is -0.169. The minimum absolute atomic E-state index is 0.243. The van der Waals surface area contributed by atoms with Crippen molar-refractivity contribution in [2.24, 2.45) is 5.41 Å². The van der Waals surface area contributed by atoms with Crippen LogP contribution >= 0.6 is 0 Å². The lowest BCUT2D eigenvalue weighted by atomic mass is 10.1. The zero-order valence-electron chi connectivity index (χ0n) is 7.41. The second-order valence-electron chi connectivity index (χ2n) is 2.86. The van der Waals surface area contributed by atoms with E-state index >= 15 is 0 Å². The summed E-state index contributed by atoms with van der Waals surface area (Å²) in [5, 5.41) is 8.34. The van der Waals surface area contributed by atoms with Gasteiger partial charge in [-0.3, -0.25) is 9.59 Å². The van der Waals surface area contributed by atoms with Gasteiger partial charge in [-0.1, -0.05) is 0 Å². The molecule has 0 heterocycles. The Kier molecular flexibility index (Phi) is 2.87. The number of rotatable bonds is 4. The van der Waals surface area contributed by atoms with Gasteiger partial charge in [0.05, 0.1) is 6.61 Å². The Hall–Kier alpha value is -1.10. The number of ether oxygens (including phenoxy) is 2. The average molecular weight is 188 g/mol. The first-order valence-corrected chi connectivity index (χ1v) is 4.12. The zero-order chi connectivity index (χ0) is 9.90. The largest absolute Gasteiger partial charge is 0.465 e. The van der Waals surface area contributed by atoms with Crippen LogP contribution in [0.25, 0.3) is 0 Å². The molecule has 5 heteroatoms. The van der Waals surface area contributed by atoms with Gasteiger partial charge < -0.3 is 14.6 Å². The fraction of sp³-hybridized carbons (Fsp3) is 0.750. The Morgan fingerprint density at radius 1 is 1.31 bits per heavy atom. The molecular formula is C8H12O5. The Balaban J connectivity index is 2.55. The first-order chi connectivity index (χ1) is 6.17. The second-order valence-corrected chi connectivity index (χ2v) is 2.86. The van der Waals surface area contributed by atoms with E-state index in [0.29, 0.717) is 12.8 Å². The van der Waals surface area contributed by atoms with Gasteiger partial charge in [-0.2, -0.15) is 0 Å². The van der Waals surface area contributed by atoms with Gasteiger partial charge in [0.15, 0.2) is 12.2 Å². The summed E-state index contributed by atoms with van der Waals surface area (Å²) in [6.45, 7) is 1.22. The predicted molar refractivity (Wildman–Crippen MR) is 41.5 cm³/mol. The molecule has 1 saturated carbocycles. The van der Waals surface area contributed by atoms with Gasteiger partial charge in [0.25, 0.3) is 0 Å². The molecular weight excluding hydrogens is 176 g/mol. The molecule has 0 amide bonds. The maximum absolute atomic E-state index is 11.2. The predicted octanol–water partition coefficient (Wildman–Crippen LogP) is -0.177. The number of aliphatic hydroxyl groups excluding tert-OH is 1. The van der Waals surface area contributed by atoms with Crippen molar-refractivity contribution in [2.45, 2.75) is 19.8 Å². The topological polar surface area (TPSA) is 72.8 Å². The molecule has 0 aromatic rings. The number of esters is 2. The quantitative estimate of drug-likeness (QED) is 0.376. The molecule has 0 spiro atoms. The van der Waals surface area contributed by atoms with Crippen molar-refractivity contribution in [1.29, 1.82) is 0 Å². The van der Waals surface area contributed by atoms with Gasteiger partial charge in [-0.25, -0.2) is 0 Å². The highest BCUT2D eigenvalue weighted by Crippen LogP contribution is 2.47. The minimum atomic E-state index is -1.11.